The van der Waals surface area contributed by atoms with E-state index in [0.29, 0.717) is 34.8 Å². The molecule has 0 radical (unpaired) electrons. The van der Waals surface area contributed by atoms with Crippen LogP contribution in [0.5, 0.6) is 0 Å². The van der Waals surface area contributed by atoms with Gasteiger partial charge in [-0.15, -0.1) is 0 Å². The van der Waals surface area contributed by atoms with Gasteiger partial charge in [0.25, 0.3) is 0 Å². The highest BCUT2D eigenvalue weighted by Gasteiger charge is 2.63. The number of carboxylic acids is 1. The number of nitrogens with zero attached hydrogens (tertiary/aromatic N) is 4. The lowest BCUT2D eigenvalue weighted by molar-refractivity contribution is 0.0500. The number of nitriles is 1. The third kappa shape index (κ3) is 3.76. The molecule has 180 valence electrons. The molecule has 0 unspecified atom stereocenters. The van der Waals surface area contributed by atoms with Gasteiger partial charge in [-0.1, -0.05) is 25.1 Å². The number of nitrogens with one attached hydrogen (secondary N) is 1. The topological polar surface area (TPSA) is 111 Å². The number of hydrogen-bond donors (Lipinski definition) is 2. The predicted molar refractivity (Wildman–Crippen MR) is 134 cm³/mol. The third-order valence-electron chi connectivity index (χ3n) is 7.32. The van der Waals surface area contributed by atoms with Gasteiger partial charge in [0.1, 0.15) is 6.07 Å². The molecule has 1 saturated carbocycles. The van der Waals surface area contributed by atoms with E-state index in [-0.39, 0.29) is 22.6 Å². The number of aryl methyl sites for hydroxylation is 1. The van der Waals surface area contributed by atoms with Gasteiger partial charge < -0.3 is 20.1 Å². The van der Waals surface area contributed by atoms with Crippen molar-refractivity contribution < 1.29 is 14.6 Å². The van der Waals surface area contributed by atoms with Crippen molar-refractivity contribution in [2.24, 2.45) is 5.41 Å². The molecule has 1 aromatic heterocycles. The molecule has 2 aromatic carbocycles. The van der Waals surface area contributed by atoms with Gasteiger partial charge in [-0.05, 0) is 55.9 Å². The maximum absolute atomic E-state index is 11.7. The zero-order valence-corrected chi connectivity index (χ0v) is 20.4. The molecular formula is C27H29N5O3. The minimum Gasteiger partial charge on any atom is -0.478 e. The van der Waals surface area contributed by atoms with Gasteiger partial charge in [0.2, 0.25) is 0 Å². The molecule has 1 atom stereocenters. The second-order valence-electron chi connectivity index (χ2n) is 10.4. The lowest BCUT2D eigenvalue weighted by Gasteiger charge is -2.46. The molecule has 3 fully saturated rings. The lowest BCUT2D eigenvalue weighted by Crippen LogP contribution is -2.52. The van der Waals surface area contributed by atoms with Crippen molar-refractivity contribution in [1.29, 1.82) is 5.26 Å². The van der Waals surface area contributed by atoms with E-state index in [1.54, 1.807) is 25.3 Å². The van der Waals surface area contributed by atoms with Crippen molar-refractivity contribution in [2.45, 2.75) is 45.2 Å². The van der Waals surface area contributed by atoms with E-state index in [9.17, 15) is 15.2 Å². The molecule has 2 saturated heterocycles. The molecule has 3 aromatic rings. The van der Waals surface area contributed by atoms with E-state index >= 15 is 0 Å². The summed E-state index contributed by atoms with van der Waals surface area (Å²) in [4.78, 5) is 23.7. The zero-order valence-electron chi connectivity index (χ0n) is 20.4. The Morgan fingerprint density at radius 2 is 2.06 bits per heavy atom. The number of anilines is 2. The number of hydrogen-bond acceptors (Lipinski definition) is 7. The van der Waals surface area contributed by atoms with Crippen molar-refractivity contribution in [3.8, 4) is 6.07 Å². The predicted octanol–water partition coefficient (Wildman–Crippen LogP) is 4.69. The second-order valence-corrected chi connectivity index (χ2v) is 10.4. The maximum atomic E-state index is 11.7. The number of carboxylic acid groups (broad SMARTS) is 1. The number of benzene rings is 2. The molecule has 2 bridgehead atoms. The first-order valence-corrected chi connectivity index (χ1v) is 11.8. The first kappa shape index (κ1) is 23.1. The minimum atomic E-state index is -0.986. The Balaban J connectivity index is 1.61. The van der Waals surface area contributed by atoms with Crippen LogP contribution in [0.3, 0.4) is 0 Å². The molecule has 0 amide bonds. The van der Waals surface area contributed by atoms with Crippen LogP contribution in [-0.2, 0) is 4.74 Å². The number of ether oxygens (including phenoxy) is 1. The Labute approximate surface area is 204 Å². The monoisotopic (exact) mass is 471 g/mol. The highest BCUT2D eigenvalue weighted by atomic mass is 16.5. The second kappa shape index (κ2) is 8.21. The van der Waals surface area contributed by atoms with Crippen LogP contribution < -0.4 is 10.2 Å². The average molecular weight is 472 g/mol. The minimum absolute atomic E-state index is 0.160. The van der Waals surface area contributed by atoms with Crippen molar-refractivity contribution in [2.75, 3.05) is 30.5 Å². The van der Waals surface area contributed by atoms with Crippen molar-refractivity contribution in [3.05, 3.63) is 58.8 Å². The van der Waals surface area contributed by atoms with Crippen LogP contribution in [0.25, 0.3) is 11.0 Å². The van der Waals surface area contributed by atoms with Gasteiger partial charge in [0, 0.05) is 24.9 Å². The summed E-state index contributed by atoms with van der Waals surface area (Å²) in [5, 5.41) is 22.9. The van der Waals surface area contributed by atoms with E-state index < -0.39 is 5.97 Å². The molecule has 8 nitrogen and oxygen atoms in total. The number of methoxy groups -OCH3 is 1. The summed E-state index contributed by atoms with van der Waals surface area (Å²) in [6.07, 6.45) is 2.01. The number of aromatic carboxylic acids is 1. The Bertz CT molecular complexity index is 1370. The van der Waals surface area contributed by atoms with Crippen LogP contribution in [-0.4, -0.2) is 46.8 Å². The molecule has 0 spiro atoms. The summed E-state index contributed by atoms with van der Waals surface area (Å²) in [7, 11) is 1.71. The van der Waals surface area contributed by atoms with E-state index in [2.05, 4.69) is 23.2 Å². The summed E-state index contributed by atoms with van der Waals surface area (Å²) in [6.45, 7) is 7.62. The SMILES string of the molecule is COCC12CC(C)(CN1c1nc3c([C@@H](C)Nc4ccccc4C(=O)O)cc(C)cc3nc1C#N)C2. The first-order chi connectivity index (χ1) is 16.7. The Morgan fingerprint density at radius 3 is 2.74 bits per heavy atom. The Kier molecular flexibility index (Phi) is 5.41. The van der Waals surface area contributed by atoms with Gasteiger partial charge in [0.15, 0.2) is 11.5 Å². The molecule has 6 rings (SSSR count). The molecular weight excluding hydrogens is 442 g/mol. The molecule has 3 aliphatic rings. The summed E-state index contributed by atoms with van der Waals surface area (Å²) in [5.74, 6) is -0.387. The van der Waals surface area contributed by atoms with Crippen LogP contribution >= 0.6 is 0 Å². The average Bonchev–Trinajstić information content (AvgIpc) is 3.25. The molecule has 2 aliphatic heterocycles. The third-order valence-corrected chi connectivity index (χ3v) is 7.32. The van der Waals surface area contributed by atoms with Crippen molar-refractivity contribution in [3.63, 3.8) is 0 Å². The molecule has 1 aliphatic carbocycles. The van der Waals surface area contributed by atoms with Crippen LogP contribution in [0.4, 0.5) is 11.5 Å². The van der Waals surface area contributed by atoms with Crippen LogP contribution in [0.1, 0.15) is 59.9 Å². The number of rotatable bonds is 7. The summed E-state index contributed by atoms with van der Waals surface area (Å²) in [5.41, 5.74) is 4.34. The maximum Gasteiger partial charge on any atom is 0.337 e. The number of carbonyl (C=O) groups is 1. The highest BCUT2D eigenvalue weighted by Crippen LogP contribution is 2.60. The zero-order chi connectivity index (χ0) is 25.0. The van der Waals surface area contributed by atoms with E-state index in [0.717, 1.165) is 30.5 Å². The molecule has 8 heteroatoms. The smallest absolute Gasteiger partial charge is 0.337 e. The van der Waals surface area contributed by atoms with Crippen LogP contribution in [0, 0.1) is 23.7 Å². The number of para-hydroxylation sites is 1. The van der Waals surface area contributed by atoms with Gasteiger partial charge in [-0.25, -0.2) is 14.8 Å². The van der Waals surface area contributed by atoms with Gasteiger partial charge in [-0.2, -0.15) is 5.26 Å². The summed E-state index contributed by atoms with van der Waals surface area (Å²) < 4.78 is 5.57. The highest BCUT2D eigenvalue weighted by molar-refractivity contribution is 5.94. The van der Waals surface area contributed by atoms with Gasteiger partial charge in [0.05, 0.1) is 34.8 Å². The van der Waals surface area contributed by atoms with Gasteiger partial charge in [-0.3, -0.25) is 0 Å². The first-order valence-electron chi connectivity index (χ1n) is 11.8. The fraction of sp³-hybridized carbons (Fsp3) is 0.407. The van der Waals surface area contributed by atoms with E-state index in [4.69, 9.17) is 14.7 Å². The number of fused-ring (bicyclic) bond motifs is 2. The lowest BCUT2D eigenvalue weighted by atomic mass is 9.63. The standard InChI is InChI=1S/C27H29N5O3/c1-16-9-19(17(2)29-20-8-6-5-7-18(20)25(33)34)23-21(10-16)30-22(11-28)24(31-23)32-14-26(3)12-27(32,13-26)15-35-4/h5-10,17,29H,12-15H2,1-4H3,(H,33,34)/t17-,26?,27?/m1/s1. The van der Waals surface area contributed by atoms with E-state index in [1.807, 2.05) is 32.0 Å². The van der Waals surface area contributed by atoms with Crippen LogP contribution in [0.2, 0.25) is 0 Å². The largest absolute Gasteiger partial charge is 0.478 e. The Morgan fingerprint density at radius 1 is 1.31 bits per heavy atom. The van der Waals surface area contributed by atoms with Gasteiger partial charge >= 0.3 is 5.97 Å². The molecule has 2 N–H and O–H groups in total. The number of aromatic nitrogens is 2. The quantitative estimate of drug-likeness (QED) is 0.511. The Hall–Kier alpha value is -3.70. The normalized spacial score (nSPS) is 23.6. The summed E-state index contributed by atoms with van der Waals surface area (Å²) >= 11 is 0. The van der Waals surface area contributed by atoms with E-state index in [1.165, 1.54) is 0 Å². The van der Waals surface area contributed by atoms with Crippen molar-refractivity contribution in [1.82, 2.24) is 9.97 Å². The fourth-order valence-corrected chi connectivity index (χ4v) is 6.16. The van der Waals surface area contributed by atoms with Crippen LogP contribution in [0.15, 0.2) is 36.4 Å². The molecule has 35 heavy (non-hydrogen) atoms. The van der Waals surface area contributed by atoms with Crippen molar-refractivity contribution >= 4 is 28.5 Å². The summed E-state index contributed by atoms with van der Waals surface area (Å²) in [6, 6.07) is 12.9. The molecule has 3 heterocycles. The fourth-order valence-electron chi connectivity index (χ4n) is 6.16.